The van der Waals surface area contributed by atoms with Crippen LogP contribution in [0, 0.1) is 5.82 Å². The minimum atomic E-state index is -0.446. The molecule has 41 heavy (non-hydrogen) atoms. The number of Topliss-reactive ketones (excluding diaryl/α,β-unsaturated/α-hetero) is 1. The summed E-state index contributed by atoms with van der Waals surface area (Å²) < 4.78 is 14.6. The predicted molar refractivity (Wildman–Crippen MR) is 165 cm³/mol. The molecule has 0 spiro atoms. The number of halogens is 2. The van der Waals surface area contributed by atoms with Crippen molar-refractivity contribution in [3.63, 3.8) is 0 Å². The van der Waals surface area contributed by atoms with Crippen LogP contribution in [0.15, 0.2) is 59.0 Å². The summed E-state index contributed by atoms with van der Waals surface area (Å²) in [5.41, 5.74) is 3.17. The fourth-order valence-electron chi connectivity index (χ4n) is 4.90. The predicted octanol–water partition coefficient (Wildman–Crippen LogP) is 5.95. The number of aromatic nitrogens is 2. The number of allylic oxidation sites excluding steroid dienone is 1. The number of dihydropyridines is 1. The lowest BCUT2D eigenvalue weighted by molar-refractivity contribution is 0.101. The second-order valence-electron chi connectivity index (χ2n) is 10.0. The smallest absolute Gasteiger partial charge is 0.170 e. The highest BCUT2D eigenvalue weighted by molar-refractivity contribution is 7.99. The molecule has 1 saturated heterocycles. The summed E-state index contributed by atoms with van der Waals surface area (Å²) in [5, 5.41) is 30.0. The van der Waals surface area contributed by atoms with Crippen molar-refractivity contribution in [3.8, 4) is 11.3 Å². The van der Waals surface area contributed by atoms with Gasteiger partial charge < -0.3 is 26.0 Å². The highest BCUT2D eigenvalue weighted by Crippen LogP contribution is 2.38. The van der Waals surface area contributed by atoms with Crippen molar-refractivity contribution in [3.05, 3.63) is 75.3 Å². The van der Waals surface area contributed by atoms with Crippen molar-refractivity contribution in [2.75, 3.05) is 49.7 Å². The van der Waals surface area contributed by atoms with E-state index in [1.165, 1.54) is 41.3 Å². The summed E-state index contributed by atoms with van der Waals surface area (Å²) in [7, 11) is 2.13. The Morgan fingerprint density at radius 2 is 2.05 bits per heavy atom. The van der Waals surface area contributed by atoms with Crippen LogP contribution in [0.5, 0.6) is 0 Å². The van der Waals surface area contributed by atoms with Crippen molar-refractivity contribution >= 4 is 51.2 Å². The van der Waals surface area contributed by atoms with Crippen LogP contribution in [-0.2, 0) is 0 Å². The number of aliphatic hydroxyl groups excluding tert-OH is 1. The van der Waals surface area contributed by atoms with E-state index in [1.54, 1.807) is 13.0 Å². The molecule has 0 atom stereocenters. The molecule has 0 amide bonds. The molecule has 4 N–H and O–H groups in total. The Kier molecular flexibility index (Phi) is 9.61. The zero-order valence-electron chi connectivity index (χ0n) is 22.8. The molecule has 1 aromatic carbocycles. The zero-order valence-corrected chi connectivity index (χ0v) is 25.2. The number of aliphatic hydroxyl groups is 1. The lowest BCUT2D eigenvalue weighted by atomic mass is 9.89. The van der Waals surface area contributed by atoms with Crippen molar-refractivity contribution in [1.29, 1.82) is 0 Å². The molecular formula is C29H32ClFN6O2S2. The number of carbonyl (C=O) groups excluding carboxylic acids is 1. The van der Waals surface area contributed by atoms with E-state index in [0.29, 0.717) is 39.6 Å². The fraction of sp³-hybridized carbons (Fsp3) is 0.345. The van der Waals surface area contributed by atoms with Gasteiger partial charge in [0.15, 0.2) is 5.78 Å². The first-order chi connectivity index (χ1) is 19.8. The van der Waals surface area contributed by atoms with Crippen molar-refractivity contribution < 1.29 is 14.3 Å². The van der Waals surface area contributed by atoms with Gasteiger partial charge >= 0.3 is 0 Å². The first-order valence-corrected chi connectivity index (χ1v) is 15.6. The van der Waals surface area contributed by atoms with Gasteiger partial charge in [-0.05, 0) is 87.8 Å². The van der Waals surface area contributed by atoms with E-state index in [1.807, 2.05) is 12.2 Å². The molecule has 0 aliphatic carbocycles. The second kappa shape index (κ2) is 13.3. The zero-order chi connectivity index (χ0) is 28.9. The van der Waals surface area contributed by atoms with Crippen LogP contribution >= 0.6 is 34.7 Å². The number of benzene rings is 1. The average molecular weight is 615 g/mol. The van der Waals surface area contributed by atoms with E-state index in [4.69, 9.17) is 11.6 Å². The van der Waals surface area contributed by atoms with Crippen LogP contribution in [0.1, 0.15) is 40.9 Å². The molecule has 2 aliphatic rings. The van der Waals surface area contributed by atoms with Gasteiger partial charge in [-0.15, -0.1) is 33.3 Å². The summed E-state index contributed by atoms with van der Waals surface area (Å²) in [6.45, 7) is 4.25. The standard InChI is InChI=1S/C29H32ClFN6O2S2/c1-17(39)28-21(18-6-9-37(2)10-7-18)15-27(41-28)34-26-14-20(5-8-32-26)33-25-16-24(35-36-29(25)40-12-11-38)22-13-19(30)3-4-23(22)31/h3-5,13-16,18,32,34,38H,6-12H2,1-2H3,(H,33,35). The molecule has 0 radical (unpaired) electrons. The van der Waals surface area contributed by atoms with Crippen molar-refractivity contribution in [1.82, 2.24) is 20.4 Å². The lowest BCUT2D eigenvalue weighted by Gasteiger charge is -2.29. The first-order valence-electron chi connectivity index (χ1n) is 13.4. The molecule has 2 aromatic heterocycles. The number of piperidine rings is 1. The molecule has 5 rings (SSSR count). The van der Waals surface area contributed by atoms with Gasteiger partial charge in [-0.25, -0.2) is 4.39 Å². The molecule has 0 unspecified atom stereocenters. The molecule has 1 fully saturated rings. The quantitative estimate of drug-likeness (QED) is 0.163. The number of thiophene rings is 1. The fourth-order valence-corrected chi connectivity index (χ4v) is 6.78. The summed E-state index contributed by atoms with van der Waals surface area (Å²) in [6, 6.07) is 8.16. The number of hydrogen-bond donors (Lipinski definition) is 4. The van der Waals surface area contributed by atoms with Gasteiger partial charge in [-0.3, -0.25) is 4.79 Å². The molecule has 4 heterocycles. The van der Waals surface area contributed by atoms with Gasteiger partial charge in [-0.2, -0.15) is 0 Å². The number of rotatable bonds is 10. The number of likely N-dealkylation sites (tertiary alicyclic amines) is 1. The van der Waals surface area contributed by atoms with Crippen molar-refractivity contribution in [2.24, 2.45) is 0 Å². The van der Waals surface area contributed by atoms with Crippen LogP contribution in [0.4, 0.5) is 15.1 Å². The Morgan fingerprint density at radius 3 is 2.80 bits per heavy atom. The molecule has 2 aliphatic heterocycles. The monoisotopic (exact) mass is 614 g/mol. The van der Waals surface area contributed by atoms with Crippen LogP contribution in [0.25, 0.3) is 11.3 Å². The lowest BCUT2D eigenvalue weighted by Crippen LogP contribution is -2.29. The number of carbonyl (C=O) groups is 1. The van der Waals surface area contributed by atoms with Gasteiger partial charge in [-0.1, -0.05) is 11.6 Å². The number of ketones is 1. The Morgan fingerprint density at radius 1 is 1.24 bits per heavy atom. The maximum Gasteiger partial charge on any atom is 0.170 e. The van der Waals surface area contributed by atoms with Gasteiger partial charge in [0.05, 0.1) is 27.9 Å². The van der Waals surface area contributed by atoms with E-state index < -0.39 is 5.82 Å². The van der Waals surface area contributed by atoms with Crippen LogP contribution in [-0.4, -0.2) is 65.0 Å². The molecule has 0 saturated carbocycles. The van der Waals surface area contributed by atoms with E-state index in [-0.39, 0.29) is 18.0 Å². The largest absolute Gasteiger partial charge is 0.396 e. The number of hydrogen-bond acceptors (Lipinski definition) is 10. The molecule has 8 nitrogen and oxygen atoms in total. The average Bonchev–Trinajstić information content (AvgIpc) is 3.38. The van der Waals surface area contributed by atoms with Crippen LogP contribution < -0.4 is 16.0 Å². The van der Waals surface area contributed by atoms with Gasteiger partial charge in [0.1, 0.15) is 16.7 Å². The number of anilines is 2. The third kappa shape index (κ3) is 7.28. The maximum absolute atomic E-state index is 14.6. The highest BCUT2D eigenvalue weighted by Gasteiger charge is 2.25. The SMILES string of the molecule is CC(=O)c1sc(NC2=CC(Nc3cc(-c4cc(Cl)ccc4F)nnc3SCCO)=CCN2)cc1C1CCN(C)CC1. The topological polar surface area (TPSA) is 102 Å². The molecular weight excluding hydrogens is 583 g/mol. The Hall–Kier alpha value is -2.96. The number of nitrogens with zero attached hydrogens (tertiary/aromatic N) is 3. The Balaban J connectivity index is 1.37. The summed E-state index contributed by atoms with van der Waals surface area (Å²) in [6.07, 6.45) is 6.02. The van der Waals surface area contributed by atoms with Crippen LogP contribution in [0.3, 0.4) is 0 Å². The van der Waals surface area contributed by atoms with Gasteiger partial charge in [0.2, 0.25) is 0 Å². The third-order valence-electron chi connectivity index (χ3n) is 6.98. The number of nitrogens with one attached hydrogen (secondary N) is 3. The number of thioether (sulfide) groups is 1. The first kappa shape index (κ1) is 29.5. The summed E-state index contributed by atoms with van der Waals surface area (Å²) >= 11 is 8.95. The van der Waals surface area contributed by atoms with Gasteiger partial charge in [0.25, 0.3) is 0 Å². The maximum atomic E-state index is 14.6. The molecule has 216 valence electrons. The normalized spacial score (nSPS) is 16.1. The van der Waals surface area contributed by atoms with Gasteiger partial charge in [0, 0.05) is 34.7 Å². The van der Waals surface area contributed by atoms with E-state index in [2.05, 4.69) is 44.2 Å². The highest BCUT2D eigenvalue weighted by atomic mass is 35.5. The van der Waals surface area contributed by atoms with E-state index >= 15 is 0 Å². The molecule has 3 aromatic rings. The van der Waals surface area contributed by atoms with E-state index in [9.17, 15) is 14.3 Å². The molecule has 12 heteroatoms. The minimum absolute atomic E-state index is 0.0142. The Bertz CT molecular complexity index is 1490. The Labute approximate surface area is 252 Å². The van der Waals surface area contributed by atoms with Crippen molar-refractivity contribution in [2.45, 2.75) is 30.7 Å². The summed E-state index contributed by atoms with van der Waals surface area (Å²) in [5.74, 6) is 1.26. The summed E-state index contributed by atoms with van der Waals surface area (Å²) in [4.78, 5) is 15.6. The van der Waals surface area contributed by atoms with E-state index in [0.717, 1.165) is 52.9 Å². The molecule has 0 bridgehead atoms. The second-order valence-corrected chi connectivity index (χ2v) is 12.6. The van der Waals surface area contributed by atoms with Crippen LogP contribution in [0.2, 0.25) is 5.02 Å². The third-order valence-corrected chi connectivity index (χ3v) is 9.35. The minimum Gasteiger partial charge on any atom is -0.396 e.